The Bertz CT molecular complexity index is 473. The van der Waals surface area contributed by atoms with Crippen molar-refractivity contribution in [1.82, 2.24) is 4.90 Å². The molecule has 0 bridgehead atoms. The van der Waals surface area contributed by atoms with Crippen LogP contribution in [0.2, 0.25) is 0 Å². The smallest absolute Gasteiger partial charge is 0.305 e. The molecule has 0 unspecified atom stereocenters. The molecule has 0 spiro atoms. The van der Waals surface area contributed by atoms with Crippen LogP contribution in [0.4, 0.5) is 0 Å². The van der Waals surface area contributed by atoms with Gasteiger partial charge in [-0.2, -0.15) is 0 Å². The molecule has 0 aromatic heterocycles. The fourth-order valence-corrected chi connectivity index (χ4v) is 1.97. The fourth-order valence-electron chi connectivity index (χ4n) is 1.97. The third-order valence-electron chi connectivity index (χ3n) is 3.12. The number of aliphatic carboxylic acids is 1. The van der Waals surface area contributed by atoms with Gasteiger partial charge in [-0.15, -0.1) is 0 Å². The Morgan fingerprint density at radius 3 is 2.67 bits per heavy atom. The third kappa shape index (κ3) is 6.79. The second-order valence-corrected chi connectivity index (χ2v) is 4.89. The molecule has 5 nitrogen and oxygen atoms in total. The van der Waals surface area contributed by atoms with Gasteiger partial charge in [-0.05, 0) is 38.0 Å². The van der Waals surface area contributed by atoms with Gasteiger partial charge in [0.15, 0.2) is 0 Å². The molecule has 0 radical (unpaired) electrons. The lowest BCUT2D eigenvalue weighted by molar-refractivity contribution is -0.138. The zero-order valence-corrected chi connectivity index (χ0v) is 12.7. The first kappa shape index (κ1) is 17.0. The van der Waals surface area contributed by atoms with Crippen molar-refractivity contribution in [3.8, 4) is 5.75 Å². The van der Waals surface area contributed by atoms with E-state index in [1.54, 1.807) is 4.90 Å². The molecule has 0 heterocycles. The normalized spacial score (nSPS) is 10.2. The molecule has 1 rings (SSSR count). The number of carbonyl (C=O) groups excluding carboxylic acids is 1. The quantitative estimate of drug-likeness (QED) is 0.710. The van der Waals surface area contributed by atoms with Crippen molar-refractivity contribution < 1.29 is 19.4 Å². The molecule has 0 aliphatic rings. The van der Waals surface area contributed by atoms with Gasteiger partial charge >= 0.3 is 5.97 Å². The number of carbonyl (C=O) groups is 2. The average Bonchev–Trinajstić information content (AvgIpc) is 2.44. The minimum absolute atomic E-state index is 0.0145. The standard InChI is InChI=1S/C16H23NO4/c1-3-17(10-9-16(19)20)15(18)8-5-11-21-14-7-4-6-13(2)12-14/h4,6-7,12H,3,5,8-11H2,1-2H3,(H,19,20). The number of carboxylic acid groups (broad SMARTS) is 1. The number of hydrogen-bond acceptors (Lipinski definition) is 3. The molecule has 0 fully saturated rings. The highest BCUT2D eigenvalue weighted by Crippen LogP contribution is 2.12. The molecule has 0 atom stereocenters. The van der Waals surface area contributed by atoms with Crippen molar-refractivity contribution in [2.75, 3.05) is 19.7 Å². The SMILES string of the molecule is CCN(CCC(=O)O)C(=O)CCCOc1cccc(C)c1. The van der Waals surface area contributed by atoms with Crippen LogP contribution in [0.25, 0.3) is 0 Å². The zero-order valence-electron chi connectivity index (χ0n) is 12.7. The molecular weight excluding hydrogens is 270 g/mol. The number of aryl methyl sites for hydroxylation is 1. The van der Waals surface area contributed by atoms with Crippen molar-refractivity contribution in [2.45, 2.75) is 33.1 Å². The van der Waals surface area contributed by atoms with Crippen LogP contribution < -0.4 is 4.74 Å². The zero-order chi connectivity index (χ0) is 15.7. The van der Waals surface area contributed by atoms with Gasteiger partial charge < -0.3 is 14.7 Å². The summed E-state index contributed by atoms with van der Waals surface area (Å²) in [5.41, 5.74) is 1.13. The van der Waals surface area contributed by atoms with E-state index in [0.717, 1.165) is 11.3 Å². The Hall–Kier alpha value is -2.04. The molecule has 1 amide bonds. The Morgan fingerprint density at radius 1 is 1.29 bits per heavy atom. The number of amides is 1. The predicted molar refractivity (Wildman–Crippen MR) is 80.4 cm³/mol. The number of ether oxygens (including phenoxy) is 1. The van der Waals surface area contributed by atoms with Crippen LogP contribution in [-0.2, 0) is 9.59 Å². The summed E-state index contributed by atoms with van der Waals surface area (Å²) in [6.07, 6.45) is 0.981. The summed E-state index contributed by atoms with van der Waals surface area (Å²) in [5, 5.41) is 8.64. The van der Waals surface area contributed by atoms with Gasteiger partial charge in [-0.3, -0.25) is 9.59 Å². The molecule has 0 saturated heterocycles. The van der Waals surface area contributed by atoms with Gasteiger partial charge in [-0.25, -0.2) is 0 Å². The van der Waals surface area contributed by atoms with Crippen molar-refractivity contribution in [1.29, 1.82) is 0 Å². The lowest BCUT2D eigenvalue weighted by atomic mass is 10.2. The highest BCUT2D eigenvalue weighted by molar-refractivity contribution is 5.77. The maximum absolute atomic E-state index is 11.9. The van der Waals surface area contributed by atoms with Crippen molar-refractivity contribution in [3.63, 3.8) is 0 Å². The largest absolute Gasteiger partial charge is 0.494 e. The van der Waals surface area contributed by atoms with E-state index >= 15 is 0 Å². The molecule has 0 saturated carbocycles. The molecule has 5 heteroatoms. The summed E-state index contributed by atoms with van der Waals surface area (Å²) in [6.45, 7) is 5.13. The summed E-state index contributed by atoms with van der Waals surface area (Å²) in [7, 11) is 0. The Morgan fingerprint density at radius 2 is 2.05 bits per heavy atom. The lowest BCUT2D eigenvalue weighted by Crippen LogP contribution is -2.32. The van der Waals surface area contributed by atoms with E-state index in [1.807, 2.05) is 38.1 Å². The Balaban J connectivity index is 2.27. The van der Waals surface area contributed by atoms with Gasteiger partial charge in [0.1, 0.15) is 5.75 Å². The van der Waals surface area contributed by atoms with E-state index < -0.39 is 5.97 Å². The molecule has 1 aromatic rings. The maximum Gasteiger partial charge on any atom is 0.305 e. The minimum atomic E-state index is -0.885. The van der Waals surface area contributed by atoms with E-state index in [-0.39, 0.29) is 18.9 Å². The molecule has 0 aliphatic carbocycles. The highest BCUT2D eigenvalue weighted by Gasteiger charge is 2.12. The number of nitrogens with zero attached hydrogens (tertiary/aromatic N) is 1. The van der Waals surface area contributed by atoms with Crippen molar-refractivity contribution >= 4 is 11.9 Å². The summed E-state index contributed by atoms with van der Waals surface area (Å²) >= 11 is 0. The number of carboxylic acids is 1. The maximum atomic E-state index is 11.9. The van der Waals surface area contributed by atoms with Crippen molar-refractivity contribution in [3.05, 3.63) is 29.8 Å². The first-order chi connectivity index (χ1) is 10.0. The minimum Gasteiger partial charge on any atom is -0.494 e. The van der Waals surface area contributed by atoms with Crippen LogP contribution >= 0.6 is 0 Å². The van der Waals surface area contributed by atoms with Gasteiger partial charge in [0, 0.05) is 19.5 Å². The Kier molecular flexibility index (Phi) is 7.29. The van der Waals surface area contributed by atoms with E-state index in [9.17, 15) is 9.59 Å². The summed E-state index contributed by atoms with van der Waals surface area (Å²) in [6, 6.07) is 7.77. The second-order valence-electron chi connectivity index (χ2n) is 4.89. The third-order valence-corrected chi connectivity index (χ3v) is 3.12. The van der Waals surface area contributed by atoms with E-state index in [1.165, 1.54) is 0 Å². The number of benzene rings is 1. The highest BCUT2D eigenvalue weighted by atomic mass is 16.5. The molecular formula is C16H23NO4. The summed E-state index contributed by atoms with van der Waals surface area (Å²) < 4.78 is 5.58. The average molecular weight is 293 g/mol. The van der Waals surface area contributed by atoms with Crippen LogP contribution in [0.5, 0.6) is 5.75 Å². The van der Waals surface area contributed by atoms with E-state index in [0.29, 0.717) is 26.0 Å². The monoisotopic (exact) mass is 293 g/mol. The van der Waals surface area contributed by atoms with Crippen LogP contribution in [0.1, 0.15) is 31.7 Å². The first-order valence-electron chi connectivity index (χ1n) is 7.22. The summed E-state index contributed by atoms with van der Waals surface area (Å²) in [5.74, 6) is -0.101. The summed E-state index contributed by atoms with van der Waals surface area (Å²) in [4.78, 5) is 24.0. The first-order valence-corrected chi connectivity index (χ1v) is 7.22. The van der Waals surface area contributed by atoms with E-state index in [2.05, 4.69) is 0 Å². The van der Waals surface area contributed by atoms with Crippen LogP contribution in [0.15, 0.2) is 24.3 Å². The molecule has 0 aliphatic heterocycles. The predicted octanol–water partition coefficient (Wildman–Crippen LogP) is 2.48. The number of hydrogen-bond donors (Lipinski definition) is 1. The molecule has 21 heavy (non-hydrogen) atoms. The molecule has 1 aromatic carbocycles. The number of rotatable bonds is 9. The second kappa shape index (κ2) is 9.00. The molecule has 116 valence electrons. The van der Waals surface area contributed by atoms with Crippen LogP contribution in [0, 0.1) is 6.92 Å². The van der Waals surface area contributed by atoms with Gasteiger partial charge in [-0.1, -0.05) is 12.1 Å². The lowest BCUT2D eigenvalue weighted by Gasteiger charge is -2.19. The van der Waals surface area contributed by atoms with Crippen LogP contribution in [0.3, 0.4) is 0 Å². The van der Waals surface area contributed by atoms with Gasteiger partial charge in [0.2, 0.25) is 5.91 Å². The molecule has 1 N–H and O–H groups in total. The van der Waals surface area contributed by atoms with Crippen LogP contribution in [-0.4, -0.2) is 41.6 Å². The van der Waals surface area contributed by atoms with Gasteiger partial charge in [0.05, 0.1) is 13.0 Å². The topological polar surface area (TPSA) is 66.8 Å². The fraction of sp³-hybridized carbons (Fsp3) is 0.500. The Labute approximate surface area is 125 Å². The van der Waals surface area contributed by atoms with E-state index in [4.69, 9.17) is 9.84 Å². The van der Waals surface area contributed by atoms with Gasteiger partial charge in [0.25, 0.3) is 0 Å². The van der Waals surface area contributed by atoms with Crippen molar-refractivity contribution in [2.24, 2.45) is 0 Å².